The monoisotopic (exact) mass is 372 g/mol. The van der Waals surface area contributed by atoms with Crippen molar-refractivity contribution in [2.75, 3.05) is 0 Å². The molecule has 0 aliphatic rings. The number of benzene rings is 1. The molecule has 0 aliphatic heterocycles. The predicted molar refractivity (Wildman–Crippen MR) is 84.9 cm³/mol. The van der Waals surface area contributed by atoms with Gasteiger partial charge in [-0.15, -0.1) is 0 Å². The zero-order valence-corrected chi connectivity index (χ0v) is 13.6. The van der Waals surface area contributed by atoms with Gasteiger partial charge in [0.25, 0.3) is 0 Å². The first-order chi connectivity index (χ1) is 8.71. The van der Waals surface area contributed by atoms with Gasteiger partial charge in [-0.3, -0.25) is 9.59 Å². The third-order valence-electron chi connectivity index (χ3n) is 2.49. The van der Waals surface area contributed by atoms with Crippen molar-refractivity contribution >= 4 is 40.0 Å². The number of halogens is 1. The Bertz CT molecular complexity index is 513. The molecule has 0 bridgehead atoms. The molecule has 19 heavy (non-hydrogen) atoms. The van der Waals surface area contributed by atoms with E-state index in [9.17, 15) is 9.59 Å². The third kappa shape index (κ3) is 4.74. The van der Waals surface area contributed by atoms with E-state index in [1.807, 2.05) is 26.0 Å². The maximum absolute atomic E-state index is 12.1. The molecule has 1 rings (SSSR count). The van der Waals surface area contributed by atoms with E-state index in [0.29, 0.717) is 11.3 Å². The van der Waals surface area contributed by atoms with Crippen LogP contribution in [0.2, 0.25) is 0 Å². The summed E-state index contributed by atoms with van der Waals surface area (Å²) in [5.74, 6) is -0.117. The Hall–Kier alpha value is -1.24. The van der Waals surface area contributed by atoms with Gasteiger partial charge in [0.2, 0.25) is 5.91 Å². The molecule has 0 saturated carbocycles. The Morgan fingerprint density at radius 2 is 1.58 bits per heavy atom. The van der Waals surface area contributed by atoms with Crippen LogP contribution in [0.15, 0.2) is 29.4 Å². The highest BCUT2D eigenvalue weighted by atomic mass is 127. The summed E-state index contributed by atoms with van der Waals surface area (Å²) in [6.45, 7) is 6.97. The van der Waals surface area contributed by atoms with E-state index in [0.717, 1.165) is 5.56 Å². The molecule has 0 saturated heterocycles. The predicted octanol–water partition coefficient (Wildman–Crippen LogP) is 2.94. The lowest BCUT2D eigenvalue weighted by Gasteiger charge is -2.14. The number of nitrogens with one attached hydrogen (secondary N) is 1. The van der Waals surface area contributed by atoms with Crippen LogP contribution < -0.4 is 5.43 Å². The number of amides is 1. The number of carbonyl (C=O) groups excluding carboxylic acids is 2. The molecule has 1 N–H and O–H groups in total. The molecule has 0 aliphatic carbocycles. The number of rotatable bonds is 4. The fourth-order valence-electron chi connectivity index (χ4n) is 1.43. The standard InChI is InChI=1S/C14H17IN2O2/c1-9(16-17-10(2)18)11-5-7-12(8-6-11)13(19)14(3,4)15/h5-8H,1-4H3,(H,17,18)/b16-9+. The molecule has 102 valence electrons. The van der Waals surface area contributed by atoms with Crippen LogP contribution in [-0.2, 0) is 4.79 Å². The van der Waals surface area contributed by atoms with Crippen molar-refractivity contribution in [3.05, 3.63) is 35.4 Å². The summed E-state index contributed by atoms with van der Waals surface area (Å²) in [5.41, 5.74) is 4.63. The molecule has 0 fully saturated rings. The van der Waals surface area contributed by atoms with Crippen LogP contribution in [-0.4, -0.2) is 20.8 Å². The van der Waals surface area contributed by atoms with Crippen molar-refractivity contribution in [3.8, 4) is 0 Å². The minimum Gasteiger partial charge on any atom is -0.293 e. The molecular formula is C14H17IN2O2. The minimum atomic E-state index is -0.418. The first-order valence-electron chi connectivity index (χ1n) is 5.87. The third-order valence-corrected chi connectivity index (χ3v) is 2.98. The Morgan fingerprint density at radius 3 is 2.00 bits per heavy atom. The van der Waals surface area contributed by atoms with Gasteiger partial charge in [-0.2, -0.15) is 5.10 Å². The summed E-state index contributed by atoms with van der Waals surface area (Å²) >= 11 is 2.13. The molecule has 1 aromatic rings. The molecule has 0 atom stereocenters. The van der Waals surface area contributed by atoms with Gasteiger partial charge in [0.15, 0.2) is 5.78 Å². The van der Waals surface area contributed by atoms with E-state index in [2.05, 4.69) is 33.1 Å². The lowest BCUT2D eigenvalue weighted by molar-refractivity contribution is -0.118. The molecule has 0 spiro atoms. The average molecular weight is 372 g/mol. The molecule has 1 aromatic carbocycles. The highest BCUT2D eigenvalue weighted by Crippen LogP contribution is 2.22. The van der Waals surface area contributed by atoms with Crippen LogP contribution in [0.25, 0.3) is 0 Å². The average Bonchev–Trinajstić information content (AvgIpc) is 2.34. The first kappa shape index (κ1) is 15.8. The van der Waals surface area contributed by atoms with Crippen LogP contribution in [0.5, 0.6) is 0 Å². The second-order valence-corrected chi connectivity index (χ2v) is 7.44. The number of hydrazone groups is 1. The molecule has 1 amide bonds. The van der Waals surface area contributed by atoms with Crippen molar-refractivity contribution in [2.45, 2.75) is 31.1 Å². The molecule has 5 heteroatoms. The SMILES string of the molecule is CC(=O)N/N=C(\C)c1ccc(C(=O)C(C)(C)I)cc1. The summed E-state index contributed by atoms with van der Waals surface area (Å²) in [6.07, 6.45) is 0. The number of carbonyl (C=O) groups is 2. The Labute approximate surface area is 126 Å². The van der Waals surface area contributed by atoms with Gasteiger partial charge in [0.05, 0.1) is 9.13 Å². The number of alkyl halides is 1. The van der Waals surface area contributed by atoms with E-state index in [1.165, 1.54) is 6.92 Å². The molecule has 0 aromatic heterocycles. The van der Waals surface area contributed by atoms with Crippen LogP contribution >= 0.6 is 22.6 Å². The number of Topliss-reactive ketones (excluding diaryl/α,β-unsaturated/α-hetero) is 1. The van der Waals surface area contributed by atoms with Gasteiger partial charge in [-0.1, -0.05) is 46.9 Å². The van der Waals surface area contributed by atoms with Crippen LogP contribution in [0.3, 0.4) is 0 Å². The van der Waals surface area contributed by atoms with E-state index in [-0.39, 0.29) is 11.7 Å². The minimum absolute atomic E-state index is 0.0936. The fraction of sp³-hybridized carbons (Fsp3) is 0.357. The molecular weight excluding hydrogens is 355 g/mol. The Kier molecular flexibility index (Phi) is 5.22. The topological polar surface area (TPSA) is 58.5 Å². The molecule has 0 heterocycles. The van der Waals surface area contributed by atoms with Crippen molar-refractivity contribution in [1.82, 2.24) is 5.43 Å². The quantitative estimate of drug-likeness (QED) is 0.291. The van der Waals surface area contributed by atoms with Gasteiger partial charge >= 0.3 is 0 Å². The van der Waals surface area contributed by atoms with Crippen LogP contribution in [0.1, 0.15) is 43.6 Å². The summed E-state index contributed by atoms with van der Waals surface area (Å²) in [4.78, 5) is 22.8. The maximum Gasteiger partial charge on any atom is 0.236 e. The largest absolute Gasteiger partial charge is 0.293 e. The van der Waals surface area contributed by atoms with Crippen molar-refractivity contribution in [3.63, 3.8) is 0 Å². The fourth-order valence-corrected chi connectivity index (χ4v) is 1.74. The van der Waals surface area contributed by atoms with Gasteiger partial charge in [0, 0.05) is 12.5 Å². The van der Waals surface area contributed by atoms with E-state index in [4.69, 9.17) is 0 Å². The van der Waals surface area contributed by atoms with Gasteiger partial charge in [-0.05, 0) is 26.3 Å². The zero-order chi connectivity index (χ0) is 14.6. The number of hydrogen-bond acceptors (Lipinski definition) is 3. The smallest absolute Gasteiger partial charge is 0.236 e. The van der Waals surface area contributed by atoms with Crippen molar-refractivity contribution in [1.29, 1.82) is 0 Å². The Morgan fingerprint density at radius 1 is 1.11 bits per heavy atom. The number of nitrogens with zero attached hydrogens (tertiary/aromatic N) is 1. The van der Waals surface area contributed by atoms with E-state index in [1.54, 1.807) is 19.1 Å². The van der Waals surface area contributed by atoms with Gasteiger partial charge in [0.1, 0.15) is 0 Å². The van der Waals surface area contributed by atoms with Crippen LogP contribution in [0.4, 0.5) is 0 Å². The van der Waals surface area contributed by atoms with Crippen molar-refractivity contribution in [2.24, 2.45) is 5.10 Å². The normalized spacial score (nSPS) is 12.2. The van der Waals surface area contributed by atoms with E-state index >= 15 is 0 Å². The van der Waals surface area contributed by atoms with Gasteiger partial charge in [-0.25, -0.2) is 5.43 Å². The lowest BCUT2D eigenvalue weighted by atomic mass is 9.99. The second kappa shape index (κ2) is 6.27. The maximum atomic E-state index is 12.1. The second-order valence-electron chi connectivity index (χ2n) is 4.74. The molecule has 4 nitrogen and oxygen atoms in total. The van der Waals surface area contributed by atoms with Crippen molar-refractivity contribution < 1.29 is 9.59 Å². The lowest BCUT2D eigenvalue weighted by Crippen LogP contribution is -2.23. The summed E-state index contributed by atoms with van der Waals surface area (Å²) in [7, 11) is 0. The zero-order valence-electron chi connectivity index (χ0n) is 11.5. The number of ketones is 1. The number of hydrogen-bond donors (Lipinski definition) is 1. The summed E-state index contributed by atoms with van der Waals surface area (Å²) in [5, 5.41) is 3.95. The van der Waals surface area contributed by atoms with Gasteiger partial charge < -0.3 is 0 Å². The Balaban J connectivity index is 2.91. The summed E-state index contributed by atoms with van der Waals surface area (Å²) < 4.78 is -0.418. The molecule has 0 radical (unpaired) electrons. The van der Waals surface area contributed by atoms with Crippen LogP contribution in [0, 0.1) is 0 Å². The molecule has 0 unspecified atom stereocenters. The highest BCUT2D eigenvalue weighted by molar-refractivity contribution is 14.1. The summed E-state index contributed by atoms with van der Waals surface area (Å²) in [6, 6.07) is 7.22. The van der Waals surface area contributed by atoms with E-state index < -0.39 is 3.42 Å². The highest BCUT2D eigenvalue weighted by Gasteiger charge is 2.24. The first-order valence-corrected chi connectivity index (χ1v) is 6.94.